The van der Waals surface area contributed by atoms with Crippen molar-refractivity contribution in [2.75, 3.05) is 18.4 Å². The molecule has 0 saturated carbocycles. The summed E-state index contributed by atoms with van der Waals surface area (Å²) in [5.74, 6) is -0.207. The smallest absolute Gasteiger partial charge is 0.263 e. The Labute approximate surface area is 210 Å². The summed E-state index contributed by atoms with van der Waals surface area (Å²) in [6.07, 6.45) is 1.96. The highest BCUT2D eigenvalue weighted by Crippen LogP contribution is 2.46. The lowest BCUT2D eigenvalue weighted by Crippen LogP contribution is -2.59. The second-order valence-electron chi connectivity index (χ2n) is 10.3. The Morgan fingerprint density at radius 3 is 2.38 bits per heavy atom. The van der Waals surface area contributed by atoms with Gasteiger partial charge in [0.15, 0.2) is 5.13 Å². The molecule has 186 valence electrons. The van der Waals surface area contributed by atoms with Crippen LogP contribution in [-0.2, 0) is 10.4 Å². The number of aliphatic hydroxyl groups is 1. The van der Waals surface area contributed by atoms with Crippen LogP contribution < -0.4 is 10.6 Å². The zero-order chi connectivity index (χ0) is 25.3. The van der Waals surface area contributed by atoms with Crippen LogP contribution in [0.1, 0.15) is 63.2 Å². The molecule has 0 radical (unpaired) electrons. The minimum Gasteiger partial charge on any atom is -0.384 e. The Hall–Kier alpha value is -2.16. The number of carbonyl (C=O) groups is 2. The fourth-order valence-electron chi connectivity index (χ4n) is 4.39. The molecule has 0 bridgehead atoms. The van der Waals surface area contributed by atoms with Gasteiger partial charge in [-0.05, 0) is 43.9 Å². The number of anilines is 1. The third kappa shape index (κ3) is 5.56. The van der Waals surface area contributed by atoms with Crippen LogP contribution in [-0.4, -0.2) is 52.0 Å². The molecule has 2 aromatic rings. The van der Waals surface area contributed by atoms with E-state index >= 15 is 0 Å². The summed E-state index contributed by atoms with van der Waals surface area (Å²) >= 11 is 7.27. The fourth-order valence-corrected chi connectivity index (χ4v) is 5.28. The summed E-state index contributed by atoms with van der Waals surface area (Å²) in [6, 6.07) is 6.82. The van der Waals surface area contributed by atoms with E-state index in [0.717, 1.165) is 5.56 Å². The SMILES string of the molecule is CC(C)NC(=O)c1cnc(N[C@@H](C(=O)N2CC[C@](O)(c3ccc(Cl)cc3)C(C)(C)C2)C(C)C)s1. The third-order valence-corrected chi connectivity index (χ3v) is 7.62. The van der Waals surface area contributed by atoms with E-state index in [9.17, 15) is 14.7 Å². The summed E-state index contributed by atoms with van der Waals surface area (Å²) < 4.78 is 0. The molecule has 1 saturated heterocycles. The molecule has 3 rings (SSSR count). The average molecular weight is 507 g/mol. The number of halogens is 1. The van der Waals surface area contributed by atoms with E-state index < -0.39 is 17.1 Å². The quantitative estimate of drug-likeness (QED) is 0.513. The Kier molecular flexibility index (Phi) is 7.95. The van der Waals surface area contributed by atoms with Crippen LogP contribution in [0.3, 0.4) is 0 Å². The molecule has 1 aliphatic rings. The number of piperidine rings is 1. The Morgan fingerprint density at radius 1 is 1.18 bits per heavy atom. The van der Waals surface area contributed by atoms with Gasteiger partial charge in [0.25, 0.3) is 5.91 Å². The number of thiazole rings is 1. The second-order valence-corrected chi connectivity index (χ2v) is 11.8. The van der Waals surface area contributed by atoms with E-state index in [1.54, 1.807) is 12.1 Å². The lowest BCUT2D eigenvalue weighted by atomic mass is 9.66. The molecule has 0 spiro atoms. The molecule has 1 fully saturated rings. The van der Waals surface area contributed by atoms with Gasteiger partial charge in [-0.1, -0.05) is 62.8 Å². The maximum atomic E-state index is 13.6. The molecular formula is C25H35ClN4O3S. The van der Waals surface area contributed by atoms with Gasteiger partial charge in [0, 0.05) is 29.6 Å². The lowest BCUT2D eigenvalue weighted by molar-refractivity contribution is -0.154. The van der Waals surface area contributed by atoms with E-state index in [1.165, 1.54) is 17.5 Å². The Morgan fingerprint density at radius 2 is 1.82 bits per heavy atom. The van der Waals surface area contributed by atoms with Crippen LogP contribution in [0.2, 0.25) is 5.02 Å². The molecular weight excluding hydrogens is 472 g/mol. The summed E-state index contributed by atoms with van der Waals surface area (Å²) in [5, 5.41) is 18.9. The van der Waals surface area contributed by atoms with Crippen LogP contribution in [0.4, 0.5) is 5.13 Å². The minimum absolute atomic E-state index is 0.00419. The molecule has 2 amide bonds. The molecule has 7 nitrogen and oxygen atoms in total. The van der Waals surface area contributed by atoms with E-state index in [4.69, 9.17) is 11.6 Å². The maximum Gasteiger partial charge on any atom is 0.263 e. The van der Waals surface area contributed by atoms with E-state index in [2.05, 4.69) is 15.6 Å². The number of amides is 2. The Balaban J connectivity index is 1.74. The summed E-state index contributed by atoms with van der Waals surface area (Å²) in [4.78, 5) is 32.5. The first-order valence-corrected chi connectivity index (χ1v) is 12.8. The standard InChI is InChI=1S/C25H35ClN4O3S/c1-15(2)20(29-23-27-13-19(34-23)21(31)28-16(3)4)22(32)30-12-11-25(33,24(5,6)14-30)17-7-9-18(26)10-8-17/h7-10,13,15-16,20,33H,11-12,14H2,1-6H3,(H,27,29)(H,28,31)/t20-,25+/m1/s1. The highest BCUT2D eigenvalue weighted by Gasteiger charge is 2.50. The molecule has 2 atom stereocenters. The second kappa shape index (κ2) is 10.2. The van der Waals surface area contributed by atoms with Crippen LogP contribution in [0, 0.1) is 11.3 Å². The molecule has 1 aliphatic heterocycles. The summed E-state index contributed by atoms with van der Waals surface area (Å²) in [5.41, 5.74) is -0.828. The van der Waals surface area contributed by atoms with E-state index in [1.807, 2.05) is 58.6 Å². The molecule has 3 N–H and O–H groups in total. The molecule has 1 aromatic heterocycles. The minimum atomic E-state index is -1.07. The largest absolute Gasteiger partial charge is 0.384 e. The number of hydrogen-bond acceptors (Lipinski definition) is 6. The van der Waals surface area contributed by atoms with Crippen molar-refractivity contribution in [1.29, 1.82) is 0 Å². The molecule has 9 heteroatoms. The van der Waals surface area contributed by atoms with Crippen LogP contribution >= 0.6 is 22.9 Å². The van der Waals surface area contributed by atoms with Gasteiger partial charge < -0.3 is 20.6 Å². The van der Waals surface area contributed by atoms with Gasteiger partial charge >= 0.3 is 0 Å². The highest BCUT2D eigenvalue weighted by molar-refractivity contribution is 7.17. The number of rotatable bonds is 7. The number of carbonyl (C=O) groups excluding carboxylic acids is 2. The molecule has 34 heavy (non-hydrogen) atoms. The highest BCUT2D eigenvalue weighted by atomic mass is 35.5. The zero-order valence-corrected chi connectivity index (χ0v) is 22.3. The number of aromatic nitrogens is 1. The number of nitrogens with zero attached hydrogens (tertiary/aromatic N) is 2. The summed E-state index contributed by atoms with van der Waals surface area (Å²) in [7, 11) is 0. The lowest BCUT2D eigenvalue weighted by Gasteiger charge is -2.51. The third-order valence-electron chi connectivity index (χ3n) is 6.44. The van der Waals surface area contributed by atoms with E-state index in [0.29, 0.717) is 34.5 Å². The van der Waals surface area contributed by atoms with Gasteiger partial charge in [-0.25, -0.2) is 4.98 Å². The topological polar surface area (TPSA) is 94.6 Å². The number of nitrogens with one attached hydrogen (secondary N) is 2. The van der Waals surface area contributed by atoms with Crippen molar-refractivity contribution < 1.29 is 14.7 Å². The molecule has 1 aromatic carbocycles. The number of likely N-dealkylation sites (tertiary alicyclic amines) is 1. The first kappa shape index (κ1) is 26.4. The monoisotopic (exact) mass is 506 g/mol. The maximum absolute atomic E-state index is 13.6. The van der Waals surface area contributed by atoms with Crippen molar-refractivity contribution >= 4 is 39.9 Å². The van der Waals surface area contributed by atoms with E-state index in [-0.39, 0.29) is 23.8 Å². The van der Waals surface area contributed by atoms with Crippen LogP contribution in [0.15, 0.2) is 30.5 Å². The Bertz CT molecular complexity index is 1020. The first-order chi connectivity index (χ1) is 15.8. The zero-order valence-electron chi connectivity index (χ0n) is 20.7. The van der Waals surface area contributed by atoms with Gasteiger partial charge in [0.1, 0.15) is 10.9 Å². The van der Waals surface area contributed by atoms with Crippen LogP contribution in [0.25, 0.3) is 0 Å². The van der Waals surface area contributed by atoms with Gasteiger partial charge in [0.2, 0.25) is 5.91 Å². The van der Waals surface area contributed by atoms with Gasteiger partial charge in [-0.2, -0.15) is 0 Å². The molecule has 0 unspecified atom stereocenters. The number of benzene rings is 1. The van der Waals surface area contributed by atoms with Crippen molar-refractivity contribution in [2.24, 2.45) is 11.3 Å². The fraction of sp³-hybridized carbons (Fsp3) is 0.560. The normalized spacial score (nSPS) is 20.9. The predicted octanol–water partition coefficient (Wildman–Crippen LogP) is 4.52. The molecule has 0 aliphatic carbocycles. The van der Waals surface area contributed by atoms with Crippen molar-refractivity contribution in [3.63, 3.8) is 0 Å². The van der Waals surface area contributed by atoms with Crippen molar-refractivity contribution in [3.8, 4) is 0 Å². The van der Waals surface area contributed by atoms with Gasteiger partial charge in [-0.3, -0.25) is 9.59 Å². The van der Waals surface area contributed by atoms with Crippen LogP contribution in [0.5, 0.6) is 0 Å². The average Bonchev–Trinajstić information content (AvgIpc) is 3.22. The van der Waals surface area contributed by atoms with Crippen molar-refractivity contribution in [3.05, 3.63) is 45.9 Å². The van der Waals surface area contributed by atoms with Gasteiger partial charge in [-0.15, -0.1) is 0 Å². The van der Waals surface area contributed by atoms with Crippen molar-refractivity contribution in [1.82, 2.24) is 15.2 Å². The molecule has 2 heterocycles. The number of hydrogen-bond donors (Lipinski definition) is 3. The van der Waals surface area contributed by atoms with Gasteiger partial charge in [0.05, 0.1) is 11.8 Å². The summed E-state index contributed by atoms with van der Waals surface area (Å²) in [6.45, 7) is 12.6. The predicted molar refractivity (Wildman–Crippen MR) is 137 cm³/mol. The first-order valence-electron chi connectivity index (χ1n) is 11.6. The van der Waals surface area contributed by atoms with Crippen molar-refractivity contribution in [2.45, 2.75) is 65.6 Å².